The van der Waals surface area contributed by atoms with Gasteiger partial charge in [-0.05, 0) is 19.1 Å². The molecule has 0 spiro atoms. The van der Waals surface area contributed by atoms with Crippen LogP contribution in [0.25, 0.3) is 0 Å². The number of hydrogen-bond acceptors (Lipinski definition) is 4. The van der Waals surface area contributed by atoms with E-state index in [0.29, 0.717) is 5.56 Å². The minimum absolute atomic E-state index is 0.280. The highest BCUT2D eigenvalue weighted by Gasteiger charge is 2.17. The number of hydrogen-bond donors (Lipinski definition) is 2. The Bertz CT molecular complexity index is 479. The van der Waals surface area contributed by atoms with Gasteiger partial charge in [-0.1, -0.05) is 12.1 Å². The van der Waals surface area contributed by atoms with Crippen LogP contribution in [0.2, 0.25) is 0 Å². The van der Waals surface area contributed by atoms with Gasteiger partial charge >= 0.3 is 6.03 Å². The maximum Gasteiger partial charge on any atom is 0.318 e. The highest BCUT2D eigenvalue weighted by molar-refractivity contribution is 5.95. The molecule has 0 bridgehead atoms. The van der Waals surface area contributed by atoms with Gasteiger partial charge in [-0.15, -0.1) is 0 Å². The molecule has 0 saturated heterocycles. The molecule has 0 aliphatic carbocycles. The molecule has 6 nitrogen and oxygen atoms in total. The molecule has 1 aromatic carbocycles. The molecule has 0 aromatic heterocycles. The molecule has 0 fully saturated rings. The minimum Gasteiger partial charge on any atom is -0.480 e. The van der Waals surface area contributed by atoms with Crippen LogP contribution in [0.1, 0.15) is 12.5 Å². The molecule has 88 valence electrons. The number of benzene rings is 1. The van der Waals surface area contributed by atoms with Crippen molar-refractivity contribution >= 4 is 11.9 Å². The molecular weight excluding hydrogens is 222 g/mol. The zero-order valence-corrected chi connectivity index (χ0v) is 9.14. The van der Waals surface area contributed by atoms with Gasteiger partial charge < -0.3 is 10.5 Å². The largest absolute Gasteiger partial charge is 0.480 e. The Labute approximate surface area is 98.0 Å². The molecule has 0 aliphatic heterocycles. The van der Waals surface area contributed by atoms with Gasteiger partial charge in [0.25, 0.3) is 5.91 Å². The first kappa shape index (κ1) is 12.5. The fraction of sp³-hybridized carbons (Fsp3) is 0.182. The zero-order valence-electron chi connectivity index (χ0n) is 9.14. The summed E-state index contributed by atoms with van der Waals surface area (Å²) in [6.07, 6.45) is -0.919. The second kappa shape index (κ2) is 5.51. The molecule has 17 heavy (non-hydrogen) atoms. The van der Waals surface area contributed by atoms with Crippen LogP contribution in [0.3, 0.4) is 0 Å². The zero-order chi connectivity index (χ0) is 12.8. The number of rotatable bonds is 3. The van der Waals surface area contributed by atoms with Crippen molar-refractivity contribution in [3.8, 4) is 11.8 Å². The number of imide groups is 1. The Balaban J connectivity index is 2.74. The Morgan fingerprint density at radius 1 is 1.47 bits per heavy atom. The van der Waals surface area contributed by atoms with Crippen LogP contribution in [0, 0.1) is 11.3 Å². The van der Waals surface area contributed by atoms with Crippen molar-refractivity contribution in [2.24, 2.45) is 5.73 Å². The molecule has 1 rings (SSSR count). The lowest BCUT2D eigenvalue weighted by atomic mass is 10.2. The summed E-state index contributed by atoms with van der Waals surface area (Å²) in [5.74, 6) is -0.382. The number of carbonyl (C=O) groups excluding carboxylic acids is 2. The van der Waals surface area contributed by atoms with Gasteiger partial charge in [-0.25, -0.2) is 4.79 Å². The van der Waals surface area contributed by atoms with Gasteiger partial charge in [0.2, 0.25) is 0 Å². The van der Waals surface area contributed by atoms with E-state index < -0.39 is 18.0 Å². The second-order valence-electron chi connectivity index (χ2n) is 3.22. The van der Waals surface area contributed by atoms with Crippen molar-refractivity contribution in [3.05, 3.63) is 29.8 Å². The van der Waals surface area contributed by atoms with Crippen LogP contribution >= 0.6 is 0 Å². The maximum atomic E-state index is 11.3. The van der Waals surface area contributed by atoms with E-state index in [1.54, 1.807) is 24.3 Å². The van der Waals surface area contributed by atoms with Crippen molar-refractivity contribution < 1.29 is 14.3 Å². The maximum absolute atomic E-state index is 11.3. The summed E-state index contributed by atoms with van der Waals surface area (Å²) in [5, 5.41) is 10.7. The summed E-state index contributed by atoms with van der Waals surface area (Å²) >= 11 is 0. The summed E-state index contributed by atoms with van der Waals surface area (Å²) < 4.78 is 5.26. The van der Waals surface area contributed by atoms with Gasteiger partial charge in [0.05, 0.1) is 5.56 Å². The first-order valence-corrected chi connectivity index (χ1v) is 4.80. The summed E-state index contributed by atoms with van der Waals surface area (Å²) in [7, 11) is 0. The highest BCUT2D eigenvalue weighted by atomic mass is 16.5. The average molecular weight is 233 g/mol. The van der Waals surface area contributed by atoms with Crippen LogP contribution in [-0.2, 0) is 4.79 Å². The average Bonchev–Trinajstić information content (AvgIpc) is 2.28. The fourth-order valence-corrected chi connectivity index (χ4v) is 1.13. The van der Waals surface area contributed by atoms with E-state index in [-0.39, 0.29) is 5.75 Å². The summed E-state index contributed by atoms with van der Waals surface area (Å²) in [6.45, 7) is 1.45. The summed E-state index contributed by atoms with van der Waals surface area (Å²) in [5.41, 5.74) is 5.11. The molecule has 0 saturated carbocycles. The van der Waals surface area contributed by atoms with E-state index in [1.807, 2.05) is 11.4 Å². The Morgan fingerprint density at radius 2 is 2.12 bits per heavy atom. The quantitative estimate of drug-likeness (QED) is 0.793. The third-order valence-electron chi connectivity index (χ3n) is 1.93. The number of amides is 3. The molecule has 0 heterocycles. The van der Waals surface area contributed by atoms with Crippen LogP contribution in [0.15, 0.2) is 24.3 Å². The molecule has 1 atom stereocenters. The predicted octanol–water partition coefficient (Wildman–Crippen LogP) is 0.520. The number of nitriles is 1. The predicted molar refractivity (Wildman–Crippen MR) is 59.0 cm³/mol. The molecule has 0 radical (unpaired) electrons. The Kier molecular flexibility index (Phi) is 4.06. The van der Waals surface area contributed by atoms with Crippen molar-refractivity contribution in [1.82, 2.24) is 5.32 Å². The number of nitrogens with zero attached hydrogens (tertiary/aromatic N) is 1. The topological polar surface area (TPSA) is 105 Å². The van der Waals surface area contributed by atoms with Gasteiger partial charge in [0, 0.05) is 0 Å². The van der Waals surface area contributed by atoms with E-state index in [4.69, 9.17) is 15.7 Å². The van der Waals surface area contributed by atoms with Gasteiger partial charge in [0.15, 0.2) is 6.10 Å². The molecule has 1 unspecified atom stereocenters. The van der Waals surface area contributed by atoms with Gasteiger partial charge in [-0.3, -0.25) is 10.1 Å². The van der Waals surface area contributed by atoms with Crippen molar-refractivity contribution in [2.75, 3.05) is 0 Å². The van der Waals surface area contributed by atoms with Crippen molar-refractivity contribution in [2.45, 2.75) is 13.0 Å². The molecule has 1 aromatic rings. The fourth-order valence-electron chi connectivity index (χ4n) is 1.13. The van der Waals surface area contributed by atoms with Crippen LogP contribution in [0.4, 0.5) is 4.79 Å². The van der Waals surface area contributed by atoms with Gasteiger partial charge in [0.1, 0.15) is 11.8 Å². The first-order valence-electron chi connectivity index (χ1n) is 4.80. The Hall–Kier alpha value is -2.55. The third kappa shape index (κ3) is 3.50. The molecule has 6 heteroatoms. The number of primary amides is 1. The Morgan fingerprint density at radius 3 is 2.71 bits per heavy atom. The van der Waals surface area contributed by atoms with E-state index in [2.05, 4.69) is 0 Å². The molecular formula is C11H11N3O3. The minimum atomic E-state index is -0.945. The molecule has 3 amide bonds. The van der Waals surface area contributed by atoms with E-state index >= 15 is 0 Å². The lowest BCUT2D eigenvalue weighted by molar-refractivity contribution is -0.126. The summed E-state index contributed by atoms with van der Waals surface area (Å²) in [4.78, 5) is 21.8. The number of nitrogens with one attached hydrogen (secondary N) is 1. The highest BCUT2D eigenvalue weighted by Crippen LogP contribution is 2.17. The van der Waals surface area contributed by atoms with Crippen LogP contribution in [-0.4, -0.2) is 18.0 Å². The second-order valence-corrected chi connectivity index (χ2v) is 3.22. The van der Waals surface area contributed by atoms with E-state index in [0.717, 1.165) is 0 Å². The standard InChI is InChI=1S/C11H11N3O3/c1-7(10(15)14-11(13)16)17-9-5-3-2-4-8(9)6-12/h2-5,7H,1H3,(H3,13,14,15,16). The summed E-state index contributed by atoms with van der Waals surface area (Å²) in [6, 6.07) is 7.47. The normalized spacial score (nSPS) is 11.1. The number of nitrogens with two attached hydrogens (primary N) is 1. The van der Waals surface area contributed by atoms with E-state index in [9.17, 15) is 9.59 Å². The number of para-hydroxylation sites is 1. The lowest BCUT2D eigenvalue weighted by Crippen LogP contribution is -2.42. The third-order valence-corrected chi connectivity index (χ3v) is 1.93. The van der Waals surface area contributed by atoms with Crippen molar-refractivity contribution in [3.63, 3.8) is 0 Å². The molecule has 3 N–H and O–H groups in total. The number of ether oxygens (including phenoxy) is 1. The SMILES string of the molecule is CC(Oc1ccccc1C#N)C(=O)NC(N)=O. The van der Waals surface area contributed by atoms with Gasteiger partial charge in [-0.2, -0.15) is 5.26 Å². The first-order chi connectivity index (χ1) is 8.04. The molecule has 0 aliphatic rings. The smallest absolute Gasteiger partial charge is 0.318 e. The van der Waals surface area contributed by atoms with E-state index in [1.165, 1.54) is 6.92 Å². The lowest BCUT2D eigenvalue weighted by Gasteiger charge is -2.13. The van der Waals surface area contributed by atoms with Crippen molar-refractivity contribution in [1.29, 1.82) is 5.26 Å². The monoisotopic (exact) mass is 233 g/mol. The number of carbonyl (C=O) groups is 2. The number of urea groups is 1. The van der Waals surface area contributed by atoms with Crippen LogP contribution in [0.5, 0.6) is 5.75 Å². The van der Waals surface area contributed by atoms with Crippen LogP contribution < -0.4 is 15.8 Å².